The summed E-state index contributed by atoms with van der Waals surface area (Å²) in [4.78, 5) is 30.3. The molecule has 31 heavy (non-hydrogen) atoms. The number of amides is 2. The van der Waals surface area contributed by atoms with E-state index in [2.05, 4.69) is 28.2 Å². The normalized spacial score (nSPS) is 15.2. The molecule has 0 radical (unpaired) electrons. The largest absolute Gasteiger partial charge is 0.339 e. The minimum atomic E-state index is -0.163. The standard InChI is InChI=1S/C25H20N4O2/c1-17(30)29-11-9-18(10-12-29)5-6-19-7-8-22-24(14-19)28-25(31)15-23(27-22)21-4-2-3-20(13-21)16-26/h2-4,7-9,13-14H,10-12,15H2,1H3,(H,28,31). The molecule has 2 heterocycles. The van der Waals surface area contributed by atoms with Gasteiger partial charge in [-0.1, -0.05) is 30.0 Å². The van der Waals surface area contributed by atoms with Crippen molar-refractivity contribution in [2.45, 2.75) is 19.8 Å². The Bertz CT molecular complexity index is 1240. The summed E-state index contributed by atoms with van der Waals surface area (Å²) < 4.78 is 0. The molecule has 2 aromatic carbocycles. The highest BCUT2D eigenvalue weighted by molar-refractivity contribution is 6.17. The van der Waals surface area contributed by atoms with Crippen LogP contribution in [0, 0.1) is 23.2 Å². The Morgan fingerprint density at radius 1 is 1.16 bits per heavy atom. The zero-order valence-electron chi connectivity index (χ0n) is 17.1. The number of rotatable bonds is 1. The van der Waals surface area contributed by atoms with Gasteiger partial charge in [-0.25, -0.2) is 0 Å². The summed E-state index contributed by atoms with van der Waals surface area (Å²) in [6, 6.07) is 14.7. The molecule has 1 N–H and O–H groups in total. The van der Waals surface area contributed by atoms with Crippen molar-refractivity contribution in [3.8, 4) is 17.9 Å². The number of hydrogen-bond donors (Lipinski definition) is 1. The van der Waals surface area contributed by atoms with E-state index in [4.69, 9.17) is 5.26 Å². The van der Waals surface area contributed by atoms with Gasteiger partial charge in [-0.15, -0.1) is 0 Å². The highest BCUT2D eigenvalue weighted by Gasteiger charge is 2.18. The number of aliphatic imine (C=N–C) groups is 1. The lowest BCUT2D eigenvalue weighted by Gasteiger charge is -2.23. The van der Waals surface area contributed by atoms with Crippen LogP contribution in [-0.2, 0) is 9.59 Å². The number of carbonyl (C=O) groups excluding carboxylic acids is 2. The fourth-order valence-electron chi connectivity index (χ4n) is 3.50. The van der Waals surface area contributed by atoms with Crippen molar-refractivity contribution in [1.82, 2.24) is 4.90 Å². The minimum Gasteiger partial charge on any atom is -0.339 e. The highest BCUT2D eigenvalue weighted by Crippen LogP contribution is 2.30. The Balaban J connectivity index is 1.60. The first-order chi connectivity index (χ1) is 15.0. The zero-order valence-corrected chi connectivity index (χ0v) is 17.1. The first-order valence-corrected chi connectivity index (χ1v) is 10.0. The number of carbonyl (C=O) groups is 2. The van der Waals surface area contributed by atoms with E-state index in [1.54, 1.807) is 30.0 Å². The number of nitriles is 1. The van der Waals surface area contributed by atoms with Crippen LogP contribution in [0.4, 0.5) is 11.4 Å². The lowest BCUT2D eigenvalue weighted by atomic mass is 10.0. The molecule has 2 aromatic rings. The fourth-order valence-corrected chi connectivity index (χ4v) is 3.50. The Hall–Kier alpha value is -4.16. The van der Waals surface area contributed by atoms with E-state index in [9.17, 15) is 9.59 Å². The topological polar surface area (TPSA) is 85.6 Å². The van der Waals surface area contributed by atoms with E-state index < -0.39 is 0 Å². The average Bonchev–Trinajstić information content (AvgIpc) is 2.95. The van der Waals surface area contributed by atoms with E-state index in [0.717, 1.165) is 23.1 Å². The second kappa shape index (κ2) is 8.69. The highest BCUT2D eigenvalue weighted by atomic mass is 16.2. The molecule has 0 saturated heterocycles. The van der Waals surface area contributed by atoms with Gasteiger partial charge in [0.15, 0.2) is 0 Å². The average molecular weight is 408 g/mol. The number of fused-ring (bicyclic) bond motifs is 1. The molecule has 0 aromatic heterocycles. The zero-order chi connectivity index (χ0) is 21.8. The third-order valence-corrected chi connectivity index (χ3v) is 5.20. The van der Waals surface area contributed by atoms with E-state index >= 15 is 0 Å². The maximum absolute atomic E-state index is 12.5. The minimum absolute atomic E-state index is 0.0732. The molecular weight excluding hydrogens is 388 g/mol. The van der Waals surface area contributed by atoms with Crippen molar-refractivity contribution < 1.29 is 9.59 Å². The maximum Gasteiger partial charge on any atom is 0.230 e. The van der Waals surface area contributed by atoms with Crippen LogP contribution in [0.25, 0.3) is 0 Å². The van der Waals surface area contributed by atoms with Crippen LogP contribution in [0.15, 0.2) is 59.1 Å². The van der Waals surface area contributed by atoms with Crippen molar-refractivity contribution in [2.24, 2.45) is 4.99 Å². The van der Waals surface area contributed by atoms with Gasteiger partial charge in [0, 0.05) is 31.1 Å². The first kappa shape index (κ1) is 20.1. The molecule has 0 spiro atoms. The van der Waals surface area contributed by atoms with Crippen LogP contribution in [0.2, 0.25) is 0 Å². The molecule has 0 fully saturated rings. The summed E-state index contributed by atoms with van der Waals surface area (Å²) in [5.41, 5.74) is 4.96. The molecular formula is C25H20N4O2. The molecule has 2 amide bonds. The quantitative estimate of drug-likeness (QED) is 0.732. The molecule has 2 aliphatic heterocycles. The number of nitrogens with zero attached hydrogens (tertiary/aromatic N) is 3. The molecule has 4 rings (SSSR count). The molecule has 0 aliphatic carbocycles. The molecule has 0 unspecified atom stereocenters. The van der Waals surface area contributed by atoms with Crippen molar-refractivity contribution in [3.05, 3.63) is 70.8 Å². The lowest BCUT2D eigenvalue weighted by Crippen LogP contribution is -2.32. The van der Waals surface area contributed by atoms with Crippen molar-refractivity contribution in [1.29, 1.82) is 5.26 Å². The first-order valence-electron chi connectivity index (χ1n) is 10.0. The van der Waals surface area contributed by atoms with Gasteiger partial charge in [-0.3, -0.25) is 14.6 Å². The van der Waals surface area contributed by atoms with Gasteiger partial charge >= 0.3 is 0 Å². The van der Waals surface area contributed by atoms with Gasteiger partial charge in [0.05, 0.1) is 35.1 Å². The van der Waals surface area contributed by atoms with Crippen LogP contribution in [0.1, 0.15) is 36.5 Å². The van der Waals surface area contributed by atoms with Gasteiger partial charge < -0.3 is 10.2 Å². The summed E-state index contributed by atoms with van der Waals surface area (Å²) >= 11 is 0. The third-order valence-electron chi connectivity index (χ3n) is 5.20. The summed E-state index contributed by atoms with van der Waals surface area (Å²) in [5, 5.41) is 12.0. The van der Waals surface area contributed by atoms with Gasteiger partial charge in [0.1, 0.15) is 0 Å². The molecule has 6 heteroatoms. The third kappa shape index (κ3) is 4.71. The second-order valence-corrected chi connectivity index (χ2v) is 7.40. The summed E-state index contributed by atoms with van der Waals surface area (Å²) in [6.45, 7) is 2.84. The van der Waals surface area contributed by atoms with E-state index in [-0.39, 0.29) is 18.2 Å². The summed E-state index contributed by atoms with van der Waals surface area (Å²) in [7, 11) is 0. The van der Waals surface area contributed by atoms with Crippen LogP contribution < -0.4 is 5.32 Å². The number of anilines is 1. The molecule has 152 valence electrons. The van der Waals surface area contributed by atoms with Gasteiger partial charge in [-0.05, 0) is 42.3 Å². The SMILES string of the molecule is CC(=O)N1CC=C(C#Cc2ccc3c(c2)NC(=O)CC(c2cccc(C#N)c2)=N3)CC1. The van der Waals surface area contributed by atoms with Crippen molar-refractivity contribution in [2.75, 3.05) is 18.4 Å². The summed E-state index contributed by atoms with van der Waals surface area (Å²) in [5.74, 6) is 6.23. The number of nitrogens with one attached hydrogen (secondary N) is 1. The van der Waals surface area contributed by atoms with E-state index in [1.807, 2.05) is 30.3 Å². The summed E-state index contributed by atoms with van der Waals surface area (Å²) in [6.07, 6.45) is 2.85. The monoisotopic (exact) mass is 408 g/mol. The Morgan fingerprint density at radius 3 is 2.77 bits per heavy atom. The molecule has 6 nitrogen and oxygen atoms in total. The van der Waals surface area contributed by atoms with Crippen LogP contribution >= 0.6 is 0 Å². The lowest BCUT2D eigenvalue weighted by molar-refractivity contribution is -0.128. The Morgan fingerprint density at radius 2 is 2.03 bits per heavy atom. The number of hydrogen-bond acceptors (Lipinski definition) is 4. The van der Waals surface area contributed by atoms with Gasteiger partial charge in [-0.2, -0.15) is 5.26 Å². The van der Waals surface area contributed by atoms with Gasteiger partial charge in [0.25, 0.3) is 0 Å². The fraction of sp³-hybridized carbons (Fsp3) is 0.200. The molecule has 0 atom stereocenters. The molecule has 0 saturated carbocycles. The van der Waals surface area contributed by atoms with E-state index in [1.165, 1.54) is 0 Å². The van der Waals surface area contributed by atoms with Gasteiger partial charge in [0.2, 0.25) is 11.8 Å². The van der Waals surface area contributed by atoms with Crippen LogP contribution in [0.3, 0.4) is 0 Å². The predicted molar refractivity (Wildman–Crippen MR) is 119 cm³/mol. The predicted octanol–water partition coefficient (Wildman–Crippen LogP) is 3.55. The molecule has 2 aliphatic rings. The van der Waals surface area contributed by atoms with Crippen LogP contribution in [0.5, 0.6) is 0 Å². The van der Waals surface area contributed by atoms with Crippen LogP contribution in [-0.4, -0.2) is 35.5 Å². The van der Waals surface area contributed by atoms with Crippen molar-refractivity contribution in [3.63, 3.8) is 0 Å². The Labute approximate surface area is 180 Å². The second-order valence-electron chi connectivity index (χ2n) is 7.40. The number of benzene rings is 2. The van der Waals surface area contributed by atoms with Crippen molar-refractivity contribution >= 4 is 28.9 Å². The smallest absolute Gasteiger partial charge is 0.230 e. The Kier molecular flexibility index (Phi) is 5.64. The maximum atomic E-state index is 12.5. The van der Waals surface area contributed by atoms with E-state index in [0.29, 0.717) is 35.7 Å². The molecule has 0 bridgehead atoms.